The summed E-state index contributed by atoms with van der Waals surface area (Å²) in [5, 5.41) is 8.96. The van der Waals surface area contributed by atoms with Gasteiger partial charge in [-0.3, -0.25) is 4.99 Å². The molecular weight excluding hydrogens is 293 g/mol. The maximum Gasteiger partial charge on any atom is 0.533 e. The molecule has 8 heteroatoms. The SMILES string of the molecule is COc1ccc(/C(C#N)=N/CCSOC(F)(F)F)cc1. The van der Waals surface area contributed by atoms with E-state index in [2.05, 4.69) is 9.18 Å². The minimum absolute atomic E-state index is 0.000838. The van der Waals surface area contributed by atoms with E-state index >= 15 is 0 Å². The van der Waals surface area contributed by atoms with Gasteiger partial charge in [-0.1, -0.05) is 0 Å². The van der Waals surface area contributed by atoms with Crippen LogP contribution in [0.25, 0.3) is 0 Å². The molecule has 0 heterocycles. The van der Waals surface area contributed by atoms with Gasteiger partial charge in [0.1, 0.15) is 17.5 Å². The highest BCUT2D eigenvalue weighted by Gasteiger charge is 2.29. The molecule has 0 N–H and O–H groups in total. The monoisotopic (exact) mass is 304 g/mol. The summed E-state index contributed by atoms with van der Waals surface area (Å²) >= 11 is 0.252. The lowest BCUT2D eigenvalue weighted by Gasteiger charge is -2.04. The molecule has 108 valence electrons. The van der Waals surface area contributed by atoms with Crippen LogP contribution < -0.4 is 4.74 Å². The molecule has 0 unspecified atom stereocenters. The van der Waals surface area contributed by atoms with Crippen LogP contribution in [0.15, 0.2) is 29.3 Å². The fourth-order valence-electron chi connectivity index (χ4n) is 1.24. The second kappa shape index (κ2) is 7.77. The second-order valence-corrected chi connectivity index (χ2v) is 4.23. The lowest BCUT2D eigenvalue weighted by atomic mass is 10.1. The van der Waals surface area contributed by atoms with E-state index in [0.29, 0.717) is 11.3 Å². The van der Waals surface area contributed by atoms with Crippen molar-refractivity contribution in [2.45, 2.75) is 6.36 Å². The molecule has 0 radical (unpaired) electrons. The van der Waals surface area contributed by atoms with Crippen LogP contribution in [-0.2, 0) is 4.18 Å². The third-order valence-electron chi connectivity index (χ3n) is 2.07. The normalized spacial score (nSPS) is 12.1. The summed E-state index contributed by atoms with van der Waals surface area (Å²) in [5.74, 6) is 0.640. The van der Waals surface area contributed by atoms with Crippen molar-refractivity contribution in [3.8, 4) is 11.8 Å². The first-order valence-electron chi connectivity index (χ1n) is 5.42. The van der Waals surface area contributed by atoms with Gasteiger partial charge in [0.2, 0.25) is 0 Å². The molecule has 0 atom stereocenters. The van der Waals surface area contributed by atoms with Gasteiger partial charge < -0.3 is 4.74 Å². The molecule has 0 aliphatic rings. The van der Waals surface area contributed by atoms with Gasteiger partial charge in [-0.15, -0.1) is 13.2 Å². The number of nitrogens with zero attached hydrogens (tertiary/aromatic N) is 2. The zero-order valence-corrected chi connectivity index (χ0v) is 11.3. The molecule has 0 saturated carbocycles. The summed E-state index contributed by atoms with van der Waals surface area (Å²) in [6, 6.07) is 8.55. The highest BCUT2D eigenvalue weighted by molar-refractivity contribution is 7.94. The van der Waals surface area contributed by atoms with Crippen LogP contribution in [0.5, 0.6) is 5.75 Å². The Balaban J connectivity index is 2.53. The molecule has 1 aromatic rings. The van der Waals surface area contributed by atoms with Gasteiger partial charge in [0.05, 0.1) is 13.7 Å². The van der Waals surface area contributed by atoms with E-state index in [1.165, 1.54) is 7.11 Å². The number of hydrogen-bond acceptors (Lipinski definition) is 5. The number of hydrogen-bond donors (Lipinski definition) is 0. The third kappa shape index (κ3) is 5.95. The molecule has 0 aliphatic carbocycles. The average molecular weight is 304 g/mol. The van der Waals surface area contributed by atoms with E-state index in [-0.39, 0.29) is 30.1 Å². The lowest BCUT2D eigenvalue weighted by Crippen LogP contribution is -2.09. The van der Waals surface area contributed by atoms with Gasteiger partial charge >= 0.3 is 6.36 Å². The lowest BCUT2D eigenvalue weighted by molar-refractivity contribution is -0.266. The van der Waals surface area contributed by atoms with Crippen molar-refractivity contribution in [3.05, 3.63) is 29.8 Å². The molecule has 0 spiro atoms. The first-order chi connectivity index (χ1) is 9.46. The predicted octanol–water partition coefficient (Wildman–Crippen LogP) is 3.19. The molecule has 4 nitrogen and oxygen atoms in total. The highest BCUT2D eigenvalue weighted by Crippen LogP contribution is 2.23. The smallest absolute Gasteiger partial charge is 0.497 e. The summed E-state index contributed by atoms with van der Waals surface area (Å²) in [4.78, 5) is 3.93. The van der Waals surface area contributed by atoms with Gasteiger partial charge in [0.25, 0.3) is 0 Å². The van der Waals surface area contributed by atoms with E-state index in [1.807, 2.05) is 6.07 Å². The largest absolute Gasteiger partial charge is 0.533 e. The molecule has 0 fully saturated rings. The fraction of sp³-hybridized carbons (Fsp3) is 0.333. The van der Waals surface area contributed by atoms with Crippen LogP contribution in [-0.4, -0.2) is 31.5 Å². The quantitative estimate of drug-likeness (QED) is 0.460. The van der Waals surface area contributed by atoms with Crippen molar-refractivity contribution in [2.75, 3.05) is 19.4 Å². The number of aliphatic imine (C=N–C) groups is 1. The van der Waals surface area contributed by atoms with Gasteiger partial charge in [0, 0.05) is 23.4 Å². The molecule has 1 rings (SSSR count). The summed E-state index contributed by atoms with van der Waals surface area (Å²) < 4.78 is 43.6. The van der Waals surface area contributed by atoms with Gasteiger partial charge in [-0.25, -0.2) is 4.18 Å². The van der Waals surface area contributed by atoms with Crippen molar-refractivity contribution >= 4 is 17.8 Å². The number of alkyl halides is 3. The zero-order chi connectivity index (χ0) is 15.0. The molecular formula is C12H11F3N2O2S. The fourth-order valence-corrected chi connectivity index (χ4v) is 1.63. The third-order valence-corrected chi connectivity index (χ3v) is 2.72. The maximum absolute atomic E-state index is 11.7. The minimum Gasteiger partial charge on any atom is -0.497 e. The average Bonchev–Trinajstić information content (AvgIpc) is 2.42. The molecule has 0 aromatic heterocycles. The summed E-state index contributed by atoms with van der Waals surface area (Å²) in [7, 11) is 1.52. The van der Waals surface area contributed by atoms with Crippen LogP contribution >= 0.6 is 12.0 Å². The highest BCUT2D eigenvalue weighted by atomic mass is 32.2. The molecule has 20 heavy (non-hydrogen) atoms. The Labute approximate surface area is 118 Å². The molecule has 0 amide bonds. The Bertz CT molecular complexity index is 495. The van der Waals surface area contributed by atoms with Crippen molar-refractivity contribution in [3.63, 3.8) is 0 Å². The van der Waals surface area contributed by atoms with Crippen LogP contribution in [0.2, 0.25) is 0 Å². The first-order valence-corrected chi connectivity index (χ1v) is 6.33. The Hall–Kier alpha value is -1.72. The number of nitriles is 1. The maximum atomic E-state index is 11.7. The van der Waals surface area contributed by atoms with E-state index in [0.717, 1.165) is 0 Å². The van der Waals surface area contributed by atoms with E-state index in [1.54, 1.807) is 24.3 Å². The van der Waals surface area contributed by atoms with E-state index in [9.17, 15) is 13.2 Å². The topological polar surface area (TPSA) is 54.6 Å². The second-order valence-electron chi connectivity index (χ2n) is 3.42. The zero-order valence-electron chi connectivity index (χ0n) is 10.5. The van der Waals surface area contributed by atoms with Crippen LogP contribution in [0.1, 0.15) is 5.56 Å². The summed E-state index contributed by atoms with van der Waals surface area (Å²) in [6.45, 7) is 0.0513. The number of methoxy groups -OCH3 is 1. The van der Waals surface area contributed by atoms with E-state index < -0.39 is 6.36 Å². The first kappa shape index (κ1) is 16.3. The Morgan fingerprint density at radius 1 is 1.35 bits per heavy atom. The number of halogens is 3. The van der Waals surface area contributed by atoms with Crippen LogP contribution in [0.3, 0.4) is 0 Å². The summed E-state index contributed by atoms with van der Waals surface area (Å²) in [6.07, 6.45) is -4.66. The predicted molar refractivity (Wildman–Crippen MR) is 69.6 cm³/mol. The Morgan fingerprint density at radius 3 is 2.50 bits per heavy atom. The van der Waals surface area contributed by atoms with Crippen LogP contribution in [0.4, 0.5) is 13.2 Å². The van der Waals surface area contributed by atoms with Crippen molar-refractivity contribution < 1.29 is 22.1 Å². The molecule has 0 aliphatic heterocycles. The van der Waals surface area contributed by atoms with Gasteiger partial charge in [0.15, 0.2) is 0 Å². The minimum atomic E-state index is -4.66. The number of ether oxygens (including phenoxy) is 1. The van der Waals surface area contributed by atoms with E-state index in [4.69, 9.17) is 10.00 Å². The Morgan fingerprint density at radius 2 is 2.00 bits per heavy atom. The van der Waals surface area contributed by atoms with Gasteiger partial charge in [-0.05, 0) is 24.3 Å². The van der Waals surface area contributed by atoms with Crippen molar-refractivity contribution in [2.24, 2.45) is 4.99 Å². The molecule has 1 aromatic carbocycles. The van der Waals surface area contributed by atoms with Crippen LogP contribution in [0, 0.1) is 11.3 Å². The summed E-state index contributed by atoms with van der Waals surface area (Å²) in [5.41, 5.74) is 0.732. The van der Waals surface area contributed by atoms with Crippen molar-refractivity contribution in [1.29, 1.82) is 5.26 Å². The number of rotatable bonds is 6. The van der Waals surface area contributed by atoms with Crippen molar-refractivity contribution in [1.82, 2.24) is 0 Å². The number of benzene rings is 1. The van der Waals surface area contributed by atoms with Gasteiger partial charge in [-0.2, -0.15) is 5.26 Å². The molecule has 0 saturated heterocycles. The molecule has 0 bridgehead atoms. The standard InChI is InChI=1S/C12H11F3N2O2S/c1-18-10-4-2-9(3-5-10)11(8-16)17-6-7-20-19-12(13,14)15/h2-5H,6-7H2,1H3/b17-11+. The Kier molecular flexibility index (Phi) is 6.35.